The Bertz CT molecular complexity index is 631. The Kier molecular flexibility index (Phi) is 9.43. The van der Waals surface area contributed by atoms with Gasteiger partial charge in [-0.3, -0.25) is 9.89 Å². The minimum Gasteiger partial charge on any atom is -0.379 e. The number of benzene rings is 1. The number of hydrogen-bond donors (Lipinski definition) is 2. The first kappa shape index (κ1) is 23.0. The van der Waals surface area contributed by atoms with Gasteiger partial charge in [-0.05, 0) is 30.7 Å². The number of hydrogen-bond acceptors (Lipinski definition) is 4. The Balaban J connectivity index is 1.52. The van der Waals surface area contributed by atoms with Crippen LogP contribution in [0.5, 0.6) is 0 Å². The van der Waals surface area contributed by atoms with Gasteiger partial charge in [0.2, 0.25) is 0 Å². The molecule has 0 spiro atoms. The highest BCUT2D eigenvalue weighted by molar-refractivity contribution is 5.79. The van der Waals surface area contributed by atoms with Gasteiger partial charge in [-0.1, -0.05) is 44.2 Å². The quantitative estimate of drug-likeness (QED) is 0.504. The second kappa shape index (κ2) is 12.3. The first-order valence-electron chi connectivity index (χ1n) is 11.6. The molecule has 0 radical (unpaired) electrons. The predicted octanol–water partition coefficient (Wildman–Crippen LogP) is 3.07. The van der Waals surface area contributed by atoms with E-state index in [9.17, 15) is 0 Å². The number of guanidine groups is 1. The fraction of sp³-hybridized carbons (Fsp3) is 0.708. The molecule has 0 aromatic heterocycles. The van der Waals surface area contributed by atoms with Gasteiger partial charge in [0.25, 0.3) is 0 Å². The largest absolute Gasteiger partial charge is 0.379 e. The number of nitrogens with zero attached hydrogens (tertiary/aromatic N) is 2. The maximum absolute atomic E-state index is 6.15. The van der Waals surface area contributed by atoms with Crippen LogP contribution in [0.4, 0.5) is 0 Å². The molecule has 0 aliphatic carbocycles. The normalized spacial score (nSPS) is 24.6. The topological polar surface area (TPSA) is 58.1 Å². The van der Waals surface area contributed by atoms with Crippen molar-refractivity contribution in [2.45, 2.75) is 45.3 Å². The molecule has 2 aliphatic rings. The Labute approximate surface area is 182 Å². The maximum atomic E-state index is 6.15. The van der Waals surface area contributed by atoms with Crippen LogP contribution in [0.2, 0.25) is 0 Å². The molecule has 3 atom stereocenters. The van der Waals surface area contributed by atoms with Crippen molar-refractivity contribution in [2.24, 2.45) is 16.8 Å². The van der Waals surface area contributed by atoms with Crippen LogP contribution in [0.3, 0.4) is 0 Å². The summed E-state index contributed by atoms with van der Waals surface area (Å²) < 4.78 is 11.7. The monoisotopic (exact) mass is 416 g/mol. The van der Waals surface area contributed by atoms with Crippen molar-refractivity contribution < 1.29 is 9.47 Å². The standard InChI is InChI=1S/C24H40N4O2/c1-19(2)16-22(28-11-14-29-15-12-28)18-27-24(25-3)26-17-21-10-7-13-30-23(21)20-8-5-4-6-9-20/h4-6,8-9,19,21-23H,7,10-18H2,1-3H3,(H2,25,26,27). The third-order valence-electron chi connectivity index (χ3n) is 6.14. The molecule has 0 amide bonds. The van der Waals surface area contributed by atoms with Crippen molar-refractivity contribution >= 4 is 5.96 Å². The third kappa shape index (κ3) is 6.96. The summed E-state index contributed by atoms with van der Waals surface area (Å²) in [6.07, 6.45) is 3.63. The summed E-state index contributed by atoms with van der Waals surface area (Å²) in [5, 5.41) is 7.15. The van der Waals surface area contributed by atoms with Crippen LogP contribution in [0.25, 0.3) is 0 Å². The molecule has 2 heterocycles. The Morgan fingerprint density at radius 1 is 1.13 bits per heavy atom. The minimum absolute atomic E-state index is 0.160. The van der Waals surface area contributed by atoms with Crippen molar-refractivity contribution in [2.75, 3.05) is 53.0 Å². The zero-order chi connectivity index (χ0) is 21.2. The van der Waals surface area contributed by atoms with Gasteiger partial charge in [0.15, 0.2) is 5.96 Å². The van der Waals surface area contributed by atoms with E-state index >= 15 is 0 Å². The molecule has 0 saturated carbocycles. The Morgan fingerprint density at radius 2 is 1.90 bits per heavy atom. The van der Waals surface area contributed by atoms with Gasteiger partial charge in [0, 0.05) is 51.8 Å². The van der Waals surface area contributed by atoms with E-state index in [1.54, 1.807) is 0 Å². The van der Waals surface area contributed by atoms with Crippen molar-refractivity contribution in [3.8, 4) is 0 Å². The summed E-state index contributed by atoms with van der Waals surface area (Å²) in [6.45, 7) is 10.9. The Morgan fingerprint density at radius 3 is 2.60 bits per heavy atom. The molecule has 6 nitrogen and oxygen atoms in total. The highest BCUT2D eigenvalue weighted by Gasteiger charge is 2.28. The molecule has 2 saturated heterocycles. The molecule has 2 N–H and O–H groups in total. The molecule has 2 aliphatic heterocycles. The lowest BCUT2D eigenvalue weighted by Crippen LogP contribution is -2.51. The highest BCUT2D eigenvalue weighted by Crippen LogP contribution is 2.33. The number of aliphatic imine (C=N–C) groups is 1. The molecule has 1 aromatic rings. The first-order valence-corrected chi connectivity index (χ1v) is 11.6. The van der Waals surface area contributed by atoms with E-state index in [1.807, 2.05) is 7.05 Å². The molecular formula is C24H40N4O2. The lowest BCUT2D eigenvalue weighted by atomic mass is 9.89. The molecule has 30 heavy (non-hydrogen) atoms. The second-order valence-corrected chi connectivity index (χ2v) is 8.87. The first-order chi connectivity index (χ1) is 14.7. The van der Waals surface area contributed by atoms with E-state index in [2.05, 4.69) is 64.7 Å². The van der Waals surface area contributed by atoms with Gasteiger partial charge < -0.3 is 20.1 Å². The lowest BCUT2D eigenvalue weighted by Gasteiger charge is -2.36. The van der Waals surface area contributed by atoms with E-state index in [-0.39, 0.29) is 6.10 Å². The zero-order valence-electron chi connectivity index (χ0n) is 19.0. The lowest BCUT2D eigenvalue weighted by molar-refractivity contribution is -0.0265. The van der Waals surface area contributed by atoms with E-state index in [1.165, 1.54) is 18.4 Å². The van der Waals surface area contributed by atoms with E-state index in [0.29, 0.717) is 17.9 Å². The van der Waals surface area contributed by atoms with Gasteiger partial charge in [0.05, 0.1) is 19.3 Å². The summed E-state index contributed by atoms with van der Waals surface area (Å²) in [5.74, 6) is 2.00. The number of rotatable bonds is 8. The fourth-order valence-corrected chi connectivity index (χ4v) is 4.57. The summed E-state index contributed by atoms with van der Waals surface area (Å²) >= 11 is 0. The van der Waals surface area contributed by atoms with Crippen LogP contribution in [0.15, 0.2) is 35.3 Å². The van der Waals surface area contributed by atoms with E-state index in [4.69, 9.17) is 9.47 Å². The average molecular weight is 417 g/mol. The second-order valence-electron chi connectivity index (χ2n) is 8.87. The van der Waals surface area contributed by atoms with Gasteiger partial charge in [-0.2, -0.15) is 0 Å². The van der Waals surface area contributed by atoms with Gasteiger partial charge in [-0.15, -0.1) is 0 Å². The van der Waals surface area contributed by atoms with Gasteiger partial charge in [-0.25, -0.2) is 0 Å². The summed E-state index contributed by atoms with van der Waals surface area (Å²) in [4.78, 5) is 7.04. The number of ether oxygens (including phenoxy) is 2. The van der Waals surface area contributed by atoms with Crippen LogP contribution in [-0.4, -0.2) is 69.9 Å². The van der Waals surface area contributed by atoms with Crippen molar-refractivity contribution in [3.05, 3.63) is 35.9 Å². The molecule has 168 valence electrons. The van der Waals surface area contributed by atoms with Crippen molar-refractivity contribution in [3.63, 3.8) is 0 Å². The summed E-state index contributed by atoms with van der Waals surface area (Å²) in [5.41, 5.74) is 1.27. The molecule has 2 fully saturated rings. The van der Waals surface area contributed by atoms with Crippen molar-refractivity contribution in [1.82, 2.24) is 15.5 Å². The van der Waals surface area contributed by atoms with Crippen LogP contribution >= 0.6 is 0 Å². The third-order valence-corrected chi connectivity index (χ3v) is 6.14. The zero-order valence-corrected chi connectivity index (χ0v) is 19.0. The molecule has 3 rings (SSSR count). The smallest absolute Gasteiger partial charge is 0.191 e. The highest BCUT2D eigenvalue weighted by atomic mass is 16.5. The number of morpholine rings is 1. The number of nitrogens with one attached hydrogen (secondary N) is 2. The predicted molar refractivity (Wildman–Crippen MR) is 123 cm³/mol. The van der Waals surface area contributed by atoms with Crippen LogP contribution in [0.1, 0.15) is 44.8 Å². The summed E-state index contributed by atoms with van der Waals surface area (Å²) in [7, 11) is 1.85. The molecule has 6 heteroatoms. The Hall–Kier alpha value is -1.63. The van der Waals surface area contributed by atoms with E-state index < -0.39 is 0 Å². The maximum Gasteiger partial charge on any atom is 0.191 e. The van der Waals surface area contributed by atoms with Crippen LogP contribution in [-0.2, 0) is 9.47 Å². The molecular weight excluding hydrogens is 376 g/mol. The van der Waals surface area contributed by atoms with Crippen LogP contribution in [0, 0.1) is 11.8 Å². The molecule has 1 aromatic carbocycles. The van der Waals surface area contributed by atoms with Crippen LogP contribution < -0.4 is 10.6 Å². The average Bonchev–Trinajstić information content (AvgIpc) is 2.79. The SMILES string of the molecule is CN=C(NCC1CCCOC1c1ccccc1)NCC(CC(C)C)N1CCOCC1. The molecule has 0 bridgehead atoms. The van der Waals surface area contributed by atoms with Gasteiger partial charge in [0.1, 0.15) is 0 Å². The molecule has 3 unspecified atom stereocenters. The van der Waals surface area contributed by atoms with E-state index in [0.717, 1.165) is 58.4 Å². The van der Waals surface area contributed by atoms with Crippen molar-refractivity contribution in [1.29, 1.82) is 0 Å². The fourth-order valence-electron chi connectivity index (χ4n) is 4.57. The van der Waals surface area contributed by atoms with Gasteiger partial charge >= 0.3 is 0 Å². The minimum atomic E-state index is 0.160. The summed E-state index contributed by atoms with van der Waals surface area (Å²) in [6, 6.07) is 11.1.